The van der Waals surface area contributed by atoms with Crippen LogP contribution in [-0.2, 0) is 51.2 Å². The quantitative estimate of drug-likeness (QED) is 0.0263. The van der Waals surface area contributed by atoms with Gasteiger partial charge in [-0.25, -0.2) is 9.59 Å². The summed E-state index contributed by atoms with van der Waals surface area (Å²) in [6, 6.07) is 24.1. The molecule has 2 aromatic heterocycles. The van der Waals surface area contributed by atoms with Gasteiger partial charge >= 0.3 is 11.9 Å². The molecule has 1 aliphatic rings. The van der Waals surface area contributed by atoms with Gasteiger partial charge in [-0.2, -0.15) is 0 Å². The minimum absolute atomic E-state index is 0.341. The third-order valence-corrected chi connectivity index (χ3v) is 10.6. The van der Waals surface area contributed by atoms with E-state index in [1.807, 2.05) is 72.8 Å². The zero-order valence-electron chi connectivity index (χ0n) is 37.3. The van der Waals surface area contributed by atoms with Gasteiger partial charge in [-0.05, 0) is 61.1 Å². The van der Waals surface area contributed by atoms with Crippen LogP contribution < -0.4 is 9.47 Å². The zero-order chi connectivity index (χ0) is 44.9. The third-order valence-electron chi connectivity index (χ3n) is 10.6. The highest BCUT2D eigenvalue weighted by atomic mass is 16.8. The summed E-state index contributed by atoms with van der Waals surface area (Å²) >= 11 is 0. The molecule has 12 nitrogen and oxygen atoms in total. The van der Waals surface area contributed by atoms with Crippen molar-refractivity contribution in [1.29, 1.82) is 0 Å². The first kappa shape index (κ1) is 49.6. The lowest BCUT2D eigenvalue weighted by molar-refractivity contribution is -0.326. The minimum Gasteiger partial charge on any atom is -0.492 e. The molecule has 64 heavy (non-hydrogen) atoms. The largest absolute Gasteiger partial charge is 0.492 e. The first-order valence-corrected chi connectivity index (χ1v) is 22.9. The lowest BCUT2D eigenvalue weighted by Gasteiger charge is -2.31. The van der Waals surface area contributed by atoms with Crippen LogP contribution in [0.2, 0.25) is 0 Å². The maximum absolute atomic E-state index is 11.1. The number of hydrogen-bond donors (Lipinski definition) is 0. The average molecular weight is 879 g/mol. The Morgan fingerprint density at radius 2 is 0.859 bits per heavy atom. The van der Waals surface area contributed by atoms with Gasteiger partial charge in [-0.3, -0.25) is 9.97 Å². The number of aromatic nitrogens is 2. The van der Waals surface area contributed by atoms with E-state index < -0.39 is 12.6 Å². The van der Waals surface area contributed by atoms with Crippen LogP contribution in [0, 0.1) is 0 Å². The molecule has 0 radical (unpaired) electrons. The van der Waals surface area contributed by atoms with E-state index in [4.69, 9.17) is 37.9 Å². The second kappa shape index (κ2) is 29.9. The number of carbonyl (C=O) groups excluding carboxylic acids is 2. The lowest BCUT2D eigenvalue weighted by atomic mass is 10.1. The molecule has 0 aliphatic carbocycles. The van der Waals surface area contributed by atoms with Crippen LogP contribution in [0.1, 0.15) is 101 Å². The maximum atomic E-state index is 11.1. The molecule has 0 amide bonds. The monoisotopic (exact) mass is 878 g/mol. The summed E-state index contributed by atoms with van der Waals surface area (Å²) in [7, 11) is 0. The van der Waals surface area contributed by atoms with Crippen molar-refractivity contribution in [3.63, 3.8) is 0 Å². The van der Waals surface area contributed by atoms with E-state index in [0.717, 1.165) is 109 Å². The molecule has 4 aromatic rings. The predicted octanol–water partition coefficient (Wildman–Crippen LogP) is 10.9. The number of pyridine rings is 2. The molecule has 3 heterocycles. The molecule has 12 heteroatoms. The van der Waals surface area contributed by atoms with Crippen molar-refractivity contribution in [3.05, 3.63) is 122 Å². The van der Waals surface area contributed by atoms with E-state index in [1.54, 1.807) is 12.4 Å². The fourth-order valence-electron chi connectivity index (χ4n) is 6.93. The molecule has 344 valence electrons. The van der Waals surface area contributed by atoms with Crippen molar-refractivity contribution in [2.75, 3.05) is 39.6 Å². The fourth-order valence-corrected chi connectivity index (χ4v) is 6.93. The van der Waals surface area contributed by atoms with Crippen molar-refractivity contribution >= 4 is 11.9 Å². The number of carbonyl (C=O) groups is 2. The van der Waals surface area contributed by atoms with Crippen LogP contribution in [0.5, 0.6) is 11.5 Å². The van der Waals surface area contributed by atoms with E-state index in [0.29, 0.717) is 52.9 Å². The van der Waals surface area contributed by atoms with Gasteiger partial charge in [0.15, 0.2) is 0 Å². The number of esters is 2. The van der Waals surface area contributed by atoms with E-state index in [1.165, 1.54) is 37.8 Å². The van der Waals surface area contributed by atoms with Gasteiger partial charge in [0.1, 0.15) is 11.5 Å². The molecule has 0 bridgehead atoms. The van der Waals surface area contributed by atoms with Gasteiger partial charge < -0.3 is 37.9 Å². The van der Waals surface area contributed by atoms with Gasteiger partial charge in [-0.15, -0.1) is 0 Å². The highest BCUT2D eigenvalue weighted by molar-refractivity contribution is 5.81. The lowest BCUT2D eigenvalue weighted by Crippen LogP contribution is -2.41. The molecule has 0 N–H and O–H groups in total. The topological polar surface area (TPSA) is 134 Å². The van der Waals surface area contributed by atoms with Crippen LogP contribution >= 0.6 is 0 Å². The van der Waals surface area contributed by atoms with E-state index in [2.05, 4.69) is 23.1 Å². The first-order valence-electron chi connectivity index (χ1n) is 22.9. The highest BCUT2D eigenvalue weighted by Gasteiger charge is 2.29. The van der Waals surface area contributed by atoms with Crippen molar-refractivity contribution in [3.8, 4) is 34.0 Å². The number of benzene rings is 2. The van der Waals surface area contributed by atoms with Gasteiger partial charge in [0, 0.05) is 23.3 Å². The number of hydrogen-bond acceptors (Lipinski definition) is 12. The summed E-state index contributed by atoms with van der Waals surface area (Å²) in [5.41, 5.74) is 5.74. The normalized spacial score (nSPS) is 14.7. The minimum atomic E-state index is -0.655. The summed E-state index contributed by atoms with van der Waals surface area (Å²) in [5, 5.41) is 0. The maximum Gasteiger partial charge on any atom is 0.330 e. The van der Waals surface area contributed by atoms with Crippen molar-refractivity contribution in [2.24, 2.45) is 0 Å². The molecule has 2 atom stereocenters. The second-order valence-electron chi connectivity index (χ2n) is 15.6. The number of rotatable bonds is 32. The highest BCUT2D eigenvalue weighted by Crippen LogP contribution is 2.24. The molecule has 1 fully saturated rings. The van der Waals surface area contributed by atoms with Crippen molar-refractivity contribution < 1.29 is 47.5 Å². The molecule has 1 aliphatic heterocycles. The summed E-state index contributed by atoms with van der Waals surface area (Å²) < 4.78 is 45.9. The summed E-state index contributed by atoms with van der Waals surface area (Å²) in [6.45, 7) is 10.6. The predicted molar refractivity (Wildman–Crippen MR) is 246 cm³/mol. The molecule has 0 saturated carbocycles. The SMILES string of the molecule is C=CC(=O)OCCCCCCCCCOc1ccc(-c2ccc(CO[C@H]3OCCO[C@@H]3OCc3ccc(-c4ccc(OCCCCCCCCCOC(=O)C=C)cn4)cc3)cc2)nc1. The second-order valence-corrected chi connectivity index (χ2v) is 15.6. The molecule has 0 unspecified atom stereocenters. The molecule has 1 saturated heterocycles. The van der Waals surface area contributed by atoms with Crippen LogP contribution in [0.4, 0.5) is 0 Å². The van der Waals surface area contributed by atoms with E-state index in [-0.39, 0.29) is 11.9 Å². The summed E-state index contributed by atoms with van der Waals surface area (Å²) in [6.07, 6.45) is 19.7. The van der Waals surface area contributed by atoms with Crippen LogP contribution in [0.3, 0.4) is 0 Å². The average Bonchev–Trinajstić information content (AvgIpc) is 3.34. The number of ether oxygens (including phenoxy) is 8. The standard InChI is InChI=1S/C52H66N2O10/c1-3-49(55)59-33-17-13-9-5-7-11-15-31-57-45-27-29-47(53-37-45)43-23-19-41(20-24-43)39-63-51-52(62-36-35-61-51)64-40-42-21-25-44(26-22-42)48-30-28-46(38-54-48)58-32-16-12-8-6-10-14-18-34-60-50(56)4-2/h3-4,19-30,37-38,51-52H,1-2,5-18,31-36,39-40H2/t51-,52-/m1/s1. The van der Waals surface area contributed by atoms with E-state index in [9.17, 15) is 9.59 Å². The first-order chi connectivity index (χ1) is 31.5. The Morgan fingerprint density at radius 3 is 1.20 bits per heavy atom. The van der Waals surface area contributed by atoms with Crippen LogP contribution in [0.25, 0.3) is 22.5 Å². The molecule has 0 spiro atoms. The summed E-state index contributed by atoms with van der Waals surface area (Å²) in [4.78, 5) is 31.4. The molecular weight excluding hydrogens is 813 g/mol. The smallest absolute Gasteiger partial charge is 0.330 e. The Morgan fingerprint density at radius 1 is 0.500 bits per heavy atom. The number of unbranched alkanes of at least 4 members (excludes halogenated alkanes) is 12. The van der Waals surface area contributed by atoms with Crippen LogP contribution in [-0.4, -0.2) is 74.1 Å². The Hall–Kier alpha value is -5.40. The third kappa shape index (κ3) is 19.1. The van der Waals surface area contributed by atoms with Gasteiger partial charge in [0.2, 0.25) is 12.6 Å². The van der Waals surface area contributed by atoms with E-state index >= 15 is 0 Å². The Labute approximate surface area is 379 Å². The Balaban J connectivity index is 0.928. The fraction of sp³-hybridized carbons (Fsp3) is 0.462. The Bertz CT molecular complexity index is 1780. The van der Waals surface area contributed by atoms with Gasteiger partial charge in [0.05, 0.1) is 76.6 Å². The summed E-state index contributed by atoms with van der Waals surface area (Å²) in [5.74, 6) is 0.828. The van der Waals surface area contributed by atoms with Gasteiger partial charge in [0.25, 0.3) is 0 Å². The molecular formula is C52H66N2O10. The molecule has 2 aromatic carbocycles. The van der Waals surface area contributed by atoms with Gasteiger partial charge in [-0.1, -0.05) is 126 Å². The van der Waals surface area contributed by atoms with Crippen molar-refractivity contribution in [1.82, 2.24) is 9.97 Å². The van der Waals surface area contributed by atoms with Crippen molar-refractivity contribution in [2.45, 2.75) is 116 Å². The molecule has 5 rings (SSSR count). The zero-order valence-corrected chi connectivity index (χ0v) is 37.3. The number of nitrogens with zero attached hydrogens (tertiary/aromatic N) is 2. The van der Waals surface area contributed by atoms with Crippen LogP contribution in [0.15, 0.2) is 111 Å². The Kier molecular flexibility index (Phi) is 23.2.